The van der Waals surface area contributed by atoms with Crippen LogP contribution in [0.2, 0.25) is 0 Å². The van der Waals surface area contributed by atoms with Crippen molar-refractivity contribution in [2.45, 2.75) is 78.0 Å². The number of hydrogen-bond acceptors (Lipinski definition) is 9. The molecular weight excluding hydrogens is 660 g/mol. The van der Waals surface area contributed by atoms with Gasteiger partial charge in [-0.05, 0) is 66.7 Å². The molecule has 0 radical (unpaired) electrons. The van der Waals surface area contributed by atoms with Crippen LogP contribution in [0.4, 0.5) is 0 Å². The van der Waals surface area contributed by atoms with E-state index in [0.717, 1.165) is 23.3 Å². The third-order valence-electron chi connectivity index (χ3n) is 12.1. The van der Waals surface area contributed by atoms with Crippen molar-refractivity contribution in [1.29, 1.82) is 0 Å². The second kappa shape index (κ2) is 15.4. The van der Waals surface area contributed by atoms with Crippen molar-refractivity contribution >= 4 is 11.8 Å². The van der Waals surface area contributed by atoms with Gasteiger partial charge in [0.2, 0.25) is 5.91 Å². The Hall–Kier alpha value is -4.16. The minimum atomic E-state index is -0.837. The van der Waals surface area contributed by atoms with Gasteiger partial charge in [0.05, 0.1) is 38.5 Å². The Morgan fingerprint density at radius 3 is 2.31 bits per heavy atom. The zero-order chi connectivity index (χ0) is 37.3. The molecule has 11 heteroatoms. The number of nitrogens with zero attached hydrogens (tertiary/aromatic N) is 1. The topological polar surface area (TPSA) is 145 Å². The lowest BCUT2D eigenvalue weighted by molar-refractivity contribution is -0.175. The number of amides is 2. The Kier molecular flexibility index (Phi) is 11.2. The van der Waals surface area contributed by atoms with Crippen molar-refractivity contribution in [1.82, 2.24) is 15.7 Å². The minimum absolute atomic E-state index is 0.0551. The Balaban J connectivity index is 1.31. The molecule has 4 fully saturated rings. The summed E-state index contributed by atoms with van der Waals surface area (Å²) in [5.74, 6) is 2.19. The molecule has 0 aromatic heterocycles. The first-order valence-corrected chi connectivity index (χ1v) is 18.3. The molecule has 5 N–H and O–H groups in total. The highest BCUT2D eigenvalue weighted by molar-refractivity contribution is 5.99. The lowest BCUT2D eigenvalue weighted by Crippen LogP contribution is -2.62. The molecule has 1 aliphatic heterocycles. The van der Waals surface area contributed by atoms with E-state index in [1.54, 1.807) is 39.3 Å². The normalized spacial score (nSPS) is 26.9. The van der Waals surface area contributed by atoms with Crippen LogP contribution in [-0.2, 0) is 22.8 Å². The highest BCUT2D eigenvalue weighted by Gasteiger charge is 2.57. The molecule has 8 atom stereocenters. The van der Waals surface area contributed by atoms with E-state index < -0.39 is 24.2 Å². The molecule has 7 rings (SSSR count). The van der Waals surface area contributed by atoms with Gasteiger partial charge in [-0.15, -0.1) is 0 Å². The number of nitrogens with one attached hydrogen (secondary N) is 2. The van der Waals surface area contributed by atoms with Crippen molar-refractivity contribution in [3.05, 3.63) is 77.4 Å². The van der Waals surface area contributed by atoms with Gasteiger partial charge in [-0.2, -0.15) is 5.06 Å². The molecule has 2 amide bonds. The van der Waals surface area contributed by atoms with E-state index in [9.17, 15) is 14.7 Å². The van der Waals surface area contributed by atoms with Gasteiger partial charge in [-0.3, -0.25) is 14.4 Å². The van der Waals surface area contributed by atoms with Gasteiger partial charge in [-0.25, -0.2) is 0 Å². The molecule has 3 aromatic carbocycles. The molecule has 4 aliphatic rings. The summed E-state index contributed by atoms with van der Waals surface area (Å²) in [6.07, 6.45) is 0.762. The fraction of sp³-hybridized carbons (Fsp3) is 0.512. The third-order valence-corrected chi connectivity index (χ3v) is 12.1. The van der Waals surface area contributed by atoms with E-state index >= 15 is 0 Å². The van der Waals surface area contributed by atoms with Gasteiger partial charge in [0.25, 0.3) is 5.91 Å². The zero-order valence-corrected chi connectivity index (χ0v) is 31.3. The van der Waals surface area contributed by atoms with Crippen LogP contribution in [0.25, 0.3) is 11.1 Å². The van der Waals surface area contributed by atoms with Crippen molar-refractivity contribution < 1.29 is 33.7 Å². The summed E-state index contributed by atoms with van der Waals surface area (Å²) in [7, 11) is 4.79. The van der Waals surface area contributed by atoms with Gasteiger partial charge in [0.1, 0.15) is 29.9 Å². The maximum atomic E-state index is 14.3. The zero-order valence-electron chi connectivity index (χ0n) is 31.3. The molecule has 1 saturated heterocycles. The van der Waals surface area contributed by atoms with Crippen LogP contribution in [0.3, 0.4) is 0 Å². The number of hydrogen-bond donors (Lipinski definition) is 4. The van der Waals surface area contributed by atoms with Gasteiger partial charge in [-0.1, -0.05) is 63.2 Å². The summed E-state index contributed by atoms with van der Waals surface area (Å²) in [5, 5.41) is 18.7. The largest absolute Gasteiger partial charge is 0.497 e. The maximum Gasteiger partial charge on any atom is 0.254 e. The second-order valence-corrected chi connectivity index (χ2v) is 15.2. The highest BCUT2D eigenvalue weighted by Crippen LogP contribution is 2.61. The van der Waals surface area contributed by atoms with E-state index in [-0.39, 0.29) is 43.0 Å². The number of carbonyl (C=O) groups is 2. The summed E-state index contributed by atoms with van der Waals surface area (Å²) in [6.45, 7) is 9.16. The predicted octanol–water partition coefficient (Wildman–Crippen LogP) is 4.94. The molecule has 0 unspecified atom stereocenters. The molecule has 52 heavy (non-hydrogen) atoms. The van der Waals surface area contributed by atoms with Crippen molar-refractivity contribution in [3.8, 4) is 28.4 Å². The van der Waals surface area contributed by atoms with Gasteiger partial charge in [0, 0.05) is 42.2 Å². The SMILES string of the molecule is CNC(=O)c1cccc(-c2cccc(CN3O[C@@H](CN)[C@@H]([C@H](C)O)[C@H]3C(=O)N[C@H]3C[C@H]4C[C@@H]([C@@H]3C)C4(C)C)c2OC)c1OCc1ccc(OC)cc1. The monoisotopic (exact) mass is 714 g/mol. The second-order valence-electron chi connectivity index (χ2n) is 15.2. The fourth-order valence-electron chi connectivity index (χ4n) is 8.96. The molecule has 2 bridgehead atoms. The number of rotatable bonds is 13. The van der Waals surface area contributed by atoms with Gasteiger partial charge in [0.15, 0.2) is 0 Å². The van der Waals surface area contributed by atoms with Crippen LogP contribution >= 0.6 is 0 Å². The molecule has 1 heterocycles. The summed E-state index contributed by atoms with van der Waals surface area (Å²) < 4.78 is 17.8. The van der Waals surface area contributed by atoms with E-state index in [0.29, 0.717) is 45.9 Å². The summed E-state index contributed by atoms with van der Waals surface area (Å²) in [5.41, 5.74) is 9.87. The van der Waals surface area contributed by atoms with Crippen LogP contribution in [0.1, 0.15) is 62.0 Å². The number of hydroxylamine groups is 2. The third kappa shape index (κ3) is 6.99. The van der Waals surface area contributed by atoms with Crippen LogP contribution in [0, 0.1) is 29.1 Å². The Morgan fingerprint density at radius 2 is 1.71 bits per heavy atom. The first-order chi connectivity index (χ1) is 24.9. The predicted molar refractivity (Wildman–Crippen MR) is 199 cm³/mol. The number of benzene rings is 3. The molecular formula is C41H54N4O7. The lowest BCUT2D eigenvalue weighted by atomic mass is 9.45. The number of fused-ring (bicyclic) bond motifs is 2. The first kappa shape index (κ1) is 37.6. The smallest absolute Gasteiger partial charge is 0.254 e. The van der Waals surface area contributed by atoms with Crippen LogP contribution in [-0.4, -0.2) is 74.1 Å². The summed E-state index contributed by atoms with van der Waals surface area (Å²) >= 11 is 0. The van der Waals surface area contributed by atoms with Crippen LogP contribution < -0.4 is 30.6 Å². The Bertz CT molecular complexity index is 1750. The Morgan fingerprint density at radius 1 is 1.02 bits per heavy atom. The van der Waals surface area contributed by atoms with Crippen LogP contribution in [0.15, 0.2) is 60.7 Å². The average molecular weight is 715 g/mol. The molecule has 280 valence electrons. The molecule has 0 spiro atoms. The van der Waals surface area contributed by atoms with Gasteiger partial charge < -0.3 is 35.7 Å². The van der Waals surface area contributed by atoms with Gasteiger partial charge >= 0.3 is 0 Å². The number of para-hydroxylation sites is 2. The number of aliphatic hydroxyl groups excluding tert-OH is 1. The maximum absolute atomic E-state index is 14.3. The number of nitrogens with two attached hydrogens (primary N) is 1. The lowest BCUT2D eigenvalue weighted by Gasteiger charge is -2.62. The average Bonchev–Trinajstić information content (AvgIpc) is 3.52. The molecule has 11 nitrogen and oxygen atoms in total. The van der Waals surface area contributed by atoms with E-state index in [4.69, 9.17) is 24.8 Å². The number of carbonyl (C=O) groups excluding carboxylic acids is 2. The molecule has 3 aromatic rings. The van der Waals surface area contributed by atoms with E-state index in [1.165, 1.54) is 6.42 Å². The Labute approximate surface area is 307 Å². The summed E-state index contributed by atoms with van der Waals surface area (Å²) in [6, 6.07) is 18.0. The van der Waals surface area contributed by atoms with E-state index in [2.05, 4.69) is 31.4 Å². The van der Waals surface area contributed by atoms with E-state index in [1.807, 2.05) is 54.6 Å². The van der Waals surface area contributed by atoms with Crippen molar-refractivity contribution in [2.24, 2.45) is 34.8 Å². The van der Waals surface area contributed by atoms with Crippen molar-refractivity contribution in [2.75, 3.05) is 27.8 Å². The van der Waals surface area contributed by atoms with Crippen LogP contribution in [0.5, 0.6) is 17.2 Å². The number of methoxy groups -OCH3 is 2. The molecule has 3 aliphatic carbocycles. The first-order valence-electron chi connectivity index (χ1n) is 18.3. The standard InChI is InChI=1S/C41H54N4O7/c1-23-32-18-27(41(32,3)4)19-33(23)44-40(48)36-35(24(2)46)34(20-42)52-45(36)21-26-10-8-11-29(37(26)50-7)30-12-9-13-31(39(47)43-5)38(30)51-22-25-14-16-28(49-6)17-15-25/h8-17,23-24,27,32-36,46H,18-22,42H2,1-7H3,(H,43,47)(H,44,48)/t23-,24-,27+,32-,33-,34-,35+,36-/m0/s1. The minimum Gasteiger partial charge on any atom is -0.497 e. The summed E-state index contributed by atoms with van der Waals surface area (Å²) in [4.78, 5) is 33.8. The quantitative estimate of drug-likeness (QED) is 0.194. The molecule has 3 saturated carbocycles. The number of aliphatic hydroxyl groups is 1. The van der Waals surface area contributed by atoms with Crippen molar-refractivity contribution in [3.63, 3.8) is 0 Å². The fourth-order valence-corrected chi connectivity index (χ4v) is 8.96. The number of ether oxygens (including phenoxy) is 3. The highest BCUT2D eigenvalue weighted by atomic mass is 16.7.